The SMILES string of the molecule is CCCN(CC(=O)NC)c1c(F)cc(CO)cc1F. The number of aliphatic hydroxyl groups excluding tert-OH is 1. The Morgan fingerprint density at radius 3 is 2.37 bits per heavy atom. The molecule has 0 unspecified atom stereocenters. The number of rotatable bonds is 6. The van der Waals surface area contributed by atoms with Crippen molar-refractivity contribution in [2.24, 2.45) is 0 Å². The van der Waals surface area contributed by atoms with Crippen LogP contribution in [0, 0.1) is 11.6 Å². The van der Waals surface area contributed by atoms with Crippen LogP contribution in [0.2, 0.25) is 0 Å². The summed E-state index contributed by atoms with van der Waals surface area (Å²) in [5, 5.41) is 11.3. The molecule has 0 heterocycles. The van der Waals surface area contributed by atoms with Crippen LogP contribution in [0.3, 0.4) is 0 Å². The maximum absolute atomic E-state index is 13.9. The van der Waals surface area contributed by atoms with Crippen LogP contribution in [0.4, 0.5) is 14.5 Å². The van der Waals surface area contributed by atoms with E-state index < -0.39 is 18.2 Å². The van der Waals surface area contributed by atoms with Gasteiger partial charge in [0, 0.05) is 13.6 Å². The summed E-state index contributed by atoms with van der Waals surface area (Å²) in [7, 11) is 1.47. The first-order chi connectivity index (χ1) is 9.03. The zero-order valence-corrected chi connectivity index (χ0v) is 11.0. The van der Waals surface area contributed by atoms with E-state index in [1.54, 1.807) is 0 Å². The van der Waals surface area contributed by atoms with Gasteiger partial charge in [-0.25, -0.2) is 8.78 Å². The summed E-state index contributed by atoms with van der Waals surface area (Å²) < 4.78 is 27.8. The van der Waals surface area contributed by atoms with E-state index in [1.807, 2.05) is 6.92 Å². The summed E-state index contributed by atoms with van der Waals surface area (Å²) in [5.74, 6) is -1.87. The minimum Gasteiger partial charge on any atom is -0.392 e. The molecule has 0 atom stereocenters. The lowest BCUT2D eigenvalue weighted by Crippen LogP contribution is -2.37. The number of halogens is 2. The normalized spacial score (nSPS) is 10.4. The molecule has 1 rings (SSSR count). The summed E-state index contributed by atoms with van der Waals surface area (Å²) in [6.07, 6.45) is 0.650. The summed E-state index contributed by atoms with van der Waals surface area (Å²) in [5.41, 5.74) is -0.0715. The van der Waals surface area contributed by atoms with Crippen LogP contribution in [-0.4, -0.2) is 31.2 Å². The number of carbonyl (C=O) groups excluding carboxylic acids is 1. The minimum atomic E-state index is -0.776. The van der Waals surface area contributed by atoms with E-state index in [1.165, 1.54) is 11.9 Å². The van der Waals surface area contributed by atoms with Gasteiger partial charge in [0.1, 0.15) is 17.3 Å². The van der Waals surface area contributed by atoms with Gasteiger partial charge in [-0.2, -0.15) is 0 Å². The molecule has 1 aromatic rings. The van der Waals surface area contributed by atoms with Crippen molar-refractivity contribution < 1.29 is 18.7 Å². The molecule has 1 amide bonds. The number of hydrogen-bond donors (Lipinski definition) is 2. The molecule has 0 aromatic heterocycles. The lowest BCUT2D eigenvalue weighted by atomic mass is 10.1. The van der Waals surface area contributed by atoms with Crippen LogP contribution in [-0.2, 0) is 11.4 Å². The van der Waals surface area contributed by atoms with E-state index in [4.69, 9.17) is 5.11 Å². The third-order valence-electron chi connectivity index (χ3n) is 2.68. The highest BCUT2D eigenvalue weighted by Gasteiger charge is 2.19. The molecule has 0 saturated carbocycles. The van der Waals surface area contributed by atoms with Gasteiger partial charge in [0.25, 0.3) is 0 Å². The van der Waals surface area contributed by atoms with Crippen molar-refractivity contribution in [3.63, 3.8) is 0 Å². The summed E-state index contributed by atoms with van der Waals surface area (Å²) in [6, 6.07) is 2.15. The maximum atomic E-state index is 13.9. The molecule has 0 bridgehead atoms. The molecule has 0 aliphatic heterocycles. The van der Waals surface area contributed by atoms with Crippen LogP contribution < -0.4 is 10.2 Å². The number of likely N-dealkylation sites (N-methyl/N-ethyl adjacent to an activating group) is 1. The lowest BCUT2D eigenvalue weighted by Gasteiger charge is -2.24. The number of nitrogens with zero attached hydrogens (tertiary/aromatic N) is 1. The number of anilines is 1. The molecule has 6 heteroatoms. The minimum absolute atomic E-state index is 0.114. The standard InChI is InChI=1S/C13H18F2N2O2/c1-3-4-17(7-12(19)16-2)13-10(14)5-9(8-18)6-11(13)15/h5-6,18H,3-4,7-8H2,1-2H3,(H,16,19). The Balaban J connectivity index is 3.11. The van der Waals surface area contributed by atoms with Gasteiger partial charge in [0.2, 0.25) is 5.91 Å². The largest absolute Gasteiger partial charge is 0.392 e. The van der Waals surface area contributed by atoms with E-state index in [-0.39, 0.29) is 23.7 Å². The fourth-order valence-corrected chi connectivity index (χ4v) is 1.80. The maximum Gasteiger partial charge on any atom is 0.239 e. The Hall–Kier alpha value is -1.69. The van der Waals surface area contributed by atoms with Gasteiger partial charge >= 0.3 is 0 Å². The molecule has 1 aromatic carbocycles. The van der Waals surface area contributed by atoms with Gasteiger partial charge in [-0.3, -0.25) is 4.79 Å². The number of nitrogens with one attached hydrogen (secondary N) is 1. The zero-order valence-electron chi connectivity index (χ0n) is 11.0. The van der Waals surface area contributed by atoms with Crippen molar-refractivity contribution in [2.45, 2.75) is 20.0 Å². The second-order valence-corrected chi connectivity index (χ2v) is 4.16. The Bertz CT molecular complexity index is 429. The van der Waals surface area contributed by atoms with Crippen molar-refractivity contribution in [3.05, 3.63) is 29.3 Å². The smallest absolute Gasteiger partial charge is 0.239 e. The number of carbonyl (C=O) groups is 1. The zero-order chi connectivity index (χ0) is 14.4. The average Bonchev–Trinajstić information content (AvgIpc) is 2.37. The van der Waals surface area contributed by atoms with E-state index in [0.717, 1.165) is 12.1 Å². The van der Waals surface area contributed by atoms with Gasteiger partial charge in [-0.05, 0) is 24.1 Å². The molecule has 2 N–H and O–H groups in total. The number of hydrogen-bond acceptors (Lipinski definition) is 3. The predicted molar refractivity (Wildman–Crippen MR) is 68.9 cm³/mol. The molecule has 0 saturated heterocycles. The summed E-state index contributed by atoms with van der Waals surface area (Å²) >= 11 is 0. The molecular weight excluding hydrogens is 254 g/mol. The molecule has 0 spiro atoms. The van der Waals surface area contributed by atoms with Crippen molar-refractivity contribution in [1.82, 2.24) is 5.32 Å². The average molecular weight is 272 g/mol. The fourth-order valence-electron chi connectivity index (χ4n) is 1.80. The third kappa shape index (κ3) is 3.89. The molecule has 0 radical (unpaired) electrons. The van der Waals surface area contributed by atoms with Crippen LogP contribution >= 0.6 is 0 Å². The fraction of sp³-hybridized carbons (Fsp3) is 0.462. The van der Waals surface area contributed by atoms with Gasteiger partial charge in [0.05, 0.1) is 13.2 Å². The summed E-state index contributed by atoms with van der Waals surface area (Å²) in [6.45, 7) is 1.67. The molecule has 19 heavy (non-hydrogen) atoms. The van der Waals surface area contributed by atoms with Crippen LogP contribution in [0.15, 0.2) is 12.1 Å². The van der Waals surface area contributed by atoms with Crippen molar-refractivity contribution >= 4 is 11.6 Å². The number of benzene rings is 1. The molecule has 0 fully saturated rings. The van der Waals surface area contributed by atoms with E-state index in [9.17, 15) is 13.6 Å². The molecular formula is C13H18F2N2O2. The van der Waals surface area contributed by atoms with E-state index in [2.05, 4.69) is 5.32 Å². The Labute approximate surface area is 111 Å². The lowest BCUT2D eigenvalue weighted by molar-refractivity contribution is -0.119. The Morgan fingerprint density at radius 1 is 1.37 bits per heavy atom. The molecule has 4 nitrogen and oxygen atoms in total. The van der Waals surface area contributed by atoms with Gasteiger partial charge in [-0.15, -0.1) is 0 Å². The van der Waals surface area contributed by atoms with Crippen molar-refractivity contribution in [3.8, 4) is 0 Å². The van der Waals surface area contributed by atoms with Crippen LogP contribution in [0.1, 0.15) is 18.9 Å². The van der Waals surface area contributed by atoms with Crippen LogP contribution in [0.25, 0.3) is 0 Å². The molecule has 0 aliphatic rings. The monoisotopic (exact) mass is 272 g/mol. The molecule has 0 aliphatic carbocycles. The highest BCUT2D eigenvalue weighted by molar-refractivity contribution is 5.81. The highest BCUT2D eigenvalue weighted by Crippen LogP contribution is 2.25. The van der Waals surface area contributed by atoms with Crippen molar-refractivity contribution in [1.29, 1.82) is 0 Å². The van der Waals surface area contributed by atoms with Gasteiger partial charge in [0.15, 0.2) is 0 Å². The van der Waals surface area contributed by atoms with Crippen LogP contribution in [0.5, 0.6) is 0 Å². The first-order valence-corrected chi connectivity index (χ1v) is 6.07. The first-order valence-electron chi connectivity index (χ1n) is 6.07. The van der Waals surface area contributed by atoms with Gasteiger partial charge in [-0.1, -0.05) is 6.92 Å². The second-order valence-electron chi connectivity index (χ2n) is 4.16. The third-order valence-corrected chi connectivity index (χ3v) is 2.68. The second kappa shape index (κ2) is 7.04. The van der Waals surface area contributed by atoms with Gasteiger partial charge < -0.3 is 15.3 Å². The first kappa shape index (κ1) is 15.4. The Morgan fingerprint density at radius 2 is 1.95 bits per heavy atom. The van der Waals surface area contributed by atoms with E-state index >= 15 is 0 Å². The number of amides is 1. The molecule has 106 valence electrons. The topological polar surface area (TPSA) is 52.6 Å². The number of aliphatic hydroxyl groups is 1. The quantitative estimate of drug-likeness (QED) is 0.823. The highest BCUT2D eigenvalue weighted by atomic mass is 19.1. The summed E-state index contributed by atoms with van der Waals surface area (Å²) in [4.78, 5) is 12.7. The Kier molecular flexibility index (Phi) is 5.69. The van der Waals surface area contributed by atoms with E-state index in [0.29, 0.717) is 13.0 Å². The van der Waals surface area contributed by atoms with Crippen molar-refractivity contribution in [2.75, 3.05) is 25.0 Å². The predicted octanol–water partition coefficient (Wildman–Crippen LogP) is 1.42.